The Morgan fingerprint density at radius 1 is 1.19 bits per heavy atom. The summed E-state index contributed by atoms with van der Waals surface area (Å²) in [5, 5.41) is 2.80. The molecule has 108 valence electrons. The van der Waals surface area contributed by atoms with Crippen LogP contribution in [0.25, 0.3) is 6.08 Å². The first kappa shape index (κ1) is 15.2. The predicted molar refractivity (Wildman–Crippen MR) is 88.9 cm³/mol. The van der Waals surface area contributed by atoms with Gasteiger partial charge in [0.15, 0.2) is 0 Å². The number of amides is 1. The van der Waals surface area contributed by atoms with Crippen molar-refractivity contribution in [3.05, 3.63) is 60.2 Å². The van der Waals surface area contributed by atoms with Crippen LogP contribution in [0.1, 0.15) is 5.56 Å². The molecule has 0 spiro atoms. The third kappa shape index (κ3) is 4.68. The molecular weight excluding hydrogens is 282 g/mol. The number of carbonyl (C=O) groups is 1. The van der Waals surface area contributed by atoms with Crippen molar-refractivity contribution in [3.63, 3.8) is 0 Å². The predicted octanol–water partition coefficient (Wildman–Crippen LogP) is 4.07. The molecule has 0 aromatic heterocycles. The molecule has 0 saturated heterocycles. The highest BCUT2D eigenvalue weighted by molar-refractivity contribution is 7.98. The topological polar surface area (TPSA) is 38.3 Å². The quantitative estimate of drug-likeness (QED) is 0.668. The second-order valence-corrected chi connectivity index (χ2v) is 5.21. The van der Waals surface area contributed by atoms with E-state index in [1.54, 1.807) is 31.0 Å². The van der Waals surface area contributed by atoms with Gasteiger partial charge >= 0.3 is 0 Å². The van der Waals surface area contributed by atoms with Crippen LogP contribution in [0.3, 0.4) is 0 Å². The number of benzene rings is 2. The highest BCUT2D eigenvalue weighted by Crippen LogP contribution is 2.17. The van der Waals surface area contributed by atoms with Crippen molar-refractivity contribution in [3.8, 4) is 5.75 Å². The Labute approximate surface area is 129 Å². The fraction of sp³-hybridized carbons (Fsp3) is 0.118. The van der Waals surface area contributed by atoms with E-state index in [4.69, 9.17) is 4.74 Å². The smallest absolute Gasteiger partial charge is 0.248 e. The lowest BCUT2D eigenvalue weighted by Gasteiger charge is -2.04. The molecule has 0 heterocycles. The normalized spacial score (nSPS) is 10.6. The maximum atomic E-state index is 11.9. The van der Waals surface area contributed by atoms with Crippen LogP contribution < -0.4 is 10.1 Å². The third-order valence-electron chi connectivity index (χ3n) is 2.88. The first-order valence-electron chi connectivity index (χ1n) is 6.48. The van der Waals surface area contributed by atoms with Gasteiger partial charge in [-0.25, -0.2) is 0 Å². The van der Waals surface area contributed by atoms with Crippen molar-refractivity contribution in [1.82, 2.24) is 0 Å². The van der Waals surface area contributed by atoms with E-state index in [-0.39, 0.29) is 5.91 Å². The first-order valence-corrected chi connectivity index (χ1v) is 7.71. The lowest BCUT2D eigenvalue weighted by atomic mass is 10.2. The van der Waals surface area contributed by atoms with Gasteiger partial charge in [-0.15, -0.1) is 11.8 Å². The van der Waals surface area contributed by atoms with Crippen LogP contribution in [0.5, 0.6) is 5.75 Å². The number of carbonyl (C=O) groups excluding carboxylic acids is 1. The Bertz CT molecular complexity index is 635. The monoisotopic (exact) mass is 299 g/mol. The van der Waals surface area contributed by atoms with Gasteiger partial charge in [-0.1, -0.05) is 18.2 Å². The molecular formula is C17H17NO2S. The van der Waals surface area contributed by atoms with Crippen molar-refractivity contribution in [2.45, 2.75) is 4.90 Å². The lowest BCUT2D eigenvalue weighted by Crippen LogP contribution is -2.07. The van der Waals surface area contributed by atoms with Crippen LogP contribution in [0, 0.1) is 0 Å². The lowest BCUT2D eigenvalue weighted by molar-refractivity contribution is -0.111. The summed E-state index contributed by atoms with van der Waals surface area (Å²) in [6.45, 7) is 0. The SMILES string of the molecule is COc1cccc(NC(=O)/C=C/c2ccc(SC)cc2)c1. The van der Waals surface area contributed by atoms with Crippen LogP contribution >= 0.6 is 11.8 Å². The molecule has 0 unspecified atom stereocenters. The maximum Gasteiger partial charge on any atom is 0.248 e. The molecule has 1 N–H and O–H groups in total. The Morgan fingerprint density at radius 3 is 2.62 bits per heavy atom. The molecule has 0 fully saturated rings. The molecule has 0 aliphatic carbocycles. The first-order chi connectivity index (χ1) is 10.2. The molecule has 2 aromatic carbocycles. The van der Waals surface area contributed by atoms with Gasteiger partial charge in [0, 0.05) is 22.7 Å². The minimum atomic E-state index is -0.169. The van der Waals surface area contributed by atoms with E-state index in [0.29, 0.717) is 11.4 Å². The fourth-order valence-corrected chi connectivity index (χ4v) is 2.18. The number of anilines is 1. The number of thioether (sulfide) groups is 1. The summed E-state index contributed by atoms with van der Waals surface area (Å²) in [6.07, 6.45) is 5.35. The van der Waals surface area contributed by atoms with Gasteiger partial charge in [-0.2, -0.15) is 0 Å². The van der Waals surface area contributed by atoms with Gasteiger partial charge in [0.05, 0.1) is 7.11 Å². The molecule has 0 atom stereocenters. The Morgan fingerprint density at radius 2 is 1.95 bits per heavy atom. The molecule has 0 aliphatic heterocycles. The minimum absolute atomic E-state index is 0.169. The number of methoxy groups -OCH3 is 1. The van der Waals surface area contributed by atoms with Crippen molar-refractivity contribution < 1.29 is 9.53 Å². The Hall–Kier alpha value is -2.20. The average molecular weight is 299 g/mol. The summed E-state index contributed by atoms with van der Waals surface area (Å²) in [4.78, 5) is 13.1. The van der Waals surface area contributed by atoms with E-state index in [9.17, 15) is 4.79 Å². The molecule has 0 saturated carbocycles. The van der Waals surface area contributed by atoms with E-state index in [0.717, 1.165) is 5.56 Å². The molecule has 4 heteroatoms. The summed E-state index contributed by atoms with van der Waals surface area (Å²) < 4.78 is 5.12. The highest BCUT2D eigenvalue weighted by atomic mass is 32.2. The maximum absolute atomic E-state index is 11.9. The van der Waals surface area contributed by atoms with Gasteiger partial charge in [0.25, 0.3) is 0 Å². The van der Waals surface area contributed by atoms with Gasteiger partial charge in [-0.3, -0.25) is 4.79 Å². The number of hydrogen-bond acceptors (Lipinski definition) is 3. The summed E-state index contributed by atoms with van der Waals surface area (Å²) in [7, 11) is 1.60. The largest absolute Gasteiger partial charge is 0.497 e. The van der Waals surface area contributed by atoms with Crippen LogP contribution in [0.15, 0.2) is 59.5 Å². The summed E-state index contributed by atoms with van der Waals surface area (Å²) >= 11 is 1.69. The third-order valence-corrected chi connectivity index (χ3v) is 3.62. The van der Waals surface area contributed by atoms with Crippen molar-refractivity contribution in [2.24, 2.45) is 0 Å². The zero-order valence-corrected chi connectivity index (χ0v) is 12.8. The van der Waals surface area contributed by atoms with E-state index >= 15 is 0 Å². The number of hydrogen-bond donors (Lipinski definition) is 1. The molecule has 2 aromatic rings. The van der Waals surface area contributed by atoms with Gasteiger partial charge in [0.1, 0.15) is 5.75 Å². The summed E-state index contributed by atoms with van der Waals surface area (Å²) in [5.41, 5.74) is 1.70. The molecule has 2 rings (SSSR count). The second-order valence-electron chi connectivity index (χ2n) is 4.33. The van der Waals surface area contributed by atoms with Gasteiger partial charge < -0.3 is 10.1 Å². The molecule has 21 heavy (non-hydrogen) atoms. The van der Waals surface area contributed by atoms with Crippen LogP contribution in [-0.4, -0.2) is 19.3 Å². The van der Waals surface area contributed by atoms with Crippen molar-refractivity contribution >= 4 is 29.4 Å². The molecule has 0 radical (unpaired) electrons. The zero-order chi connectivity index (χ0) is 15.1. The number of nitrogens with one attached hydrogen (secondary N) is 1. The summed E-state index contributed by atoms with van der Waals surface area (Å²) in [5.74, 6) is 0.543. The Kier molecular flexibility index (Phi) is 5.46. The van der Waals surface area contributed by atoms with E-state index < -0.39 is 0 Å². The fourth-order valence-electron chi connectivity index (χ4n) is 1.77. The van der Waals surface area contributed by atoms with Gasteiger partial charge in [0.2, 0.25) is 5.91 Å². The summed E-state index contributed by atoms with van der Waals surface area (Å²) in [6, 6.07) is 15.3. The zero-order valence-electron chi connectivity index (χ0n) is 12.0. The van der Waals surface area contributed by atoms with E-state index in [1.807, 2.05) is 48.7 Å². The Balaban J connectivity index is 1.98. The minimum Gasteiger partial charge on any atom is -0.497 e. The number of ether oxygens (including phenoxy) is 1. The van der Waals surface area contributed by atoms with E-state index in [1.165, 1.54) is 11.0 Å². The van der Waals surface area contributed by atoms with E-state index in [2.05, 4.69) is 5.32 Å². The molecule has 3 nitrogen and oxygen atoms in total. The van der Waals surface area contributed by atoms with Crippen LogP contribution in [0.4, 0.5) is 5.69 Å². The highest BCUT2D eigenvalue weighted by Gasteiger charge is 1.99. The average Bonchev–Trinajstić information content (AvgIpc) is 2.53. The van der Waals surface area contributed by atoms with Crippen molar-refractivity contribution in [1.29, 1.82) is 0 Å². The number of rotatable bonds is 5. The van der Waals surface area contributed by atoms with Crippen molar-refractivity contribution in [2.75, 3.05) is 18.7 Å². The van der Waals surface area contributed by atoms with Crippen LogP contribution in [0.2, 0.25) is 0 Å². The molecule has 0 aliphatic rings. The molecule has 0 bridgehead atoms. The molecule has 1 amide bonds. The van der Waals surface area contributed by atoms with Gasteiger partial charge in [-0.05, 0) is 42.2 Å². The second kappa shape index (κ2) is 7.55. The van der Waals surface area contributed by atoms with Crippen LogP contribution in [-0.2, 0) is 4.79 Å². The standard InChI is InChI=1S/C17H17NO2S/c1-20-15-5-3-4-14(12-15)18-17(19)11-8-13-6-9-16(21-2)10-7-13/h3-12H,1-2H3,(H,18,19)/b11-8+.